The van der Waals surface area contributed by atoms with Crippen LogP contribution in [0.15, 0.2) is 59.8 Å². The number of hydrogen-bond acceptors (Lipinski definition) is 6. The molecule has 0 saturated heterocycles. The van der Waals surface area contributed by atoms with Gasteiger partial charge in [0.15, 0.2) is 5.82 Å². The summed E-state index contributed by atoms with van der Waals surface area (Å²) in [5.41, 5.74) is 5.79. The minimum absolute atomic E-state index is 0.625. The molecule has 2 N–H and O–H groups in total. The van der Waals surface area contributed by atoms with Gasteiger partial charge in [-0.2, -0.15) is 5.10 Å². The maximum absolute atomic E-state index is 6.29. The molecule has 152 valence electrons. The van der Waals surface area contributed by atoms with Crippen LogP contribution in [-0.4, -0.2) is 31.8 Å². The van der Waals surface area contributed by atoms with Crippen LogP contribution in [0.25, 0.3) is 17.1 Å². The van der Waals surface area contributed by atoms with Crippen LogP contribution in [0.5, 0.6) is 5.75 Å². The molecule has 2 aromatic carbocycles. The summed E-state index contributed by atoms with van der Waals surface area (Å²) < 4.78 is 8.85. The molecule has 1 aliphatic rings. The summed E-state index contributed by atoms with van der Waals surface area (Å²) in [5, 5.41) is 14.2. The van der Waals surface area contributed by atoms with Crippen LogP contribution in [0.1, 0.15) is 23.4 Å². The molecule has 0 unspecified atom stereocenters. The van der Waals surface area contributed by atoms with Gasteiger partial charge in [-0.3, -0.25) is 0 Å². The van der Waals surface area contributed by atoms with Crippen LogP contribution >= 0.6 is 11.8 Å². The summed E-state index contributed by atoms with van der Waals surface area (Å²) in [6.07, 6.45) is 3.31. The lowest BCUT2D eigenvalue weighted by atomic mass is 10.2. The molecule has 1 aliphatic carbocycles. The van der Waals surface area contributed by atoms with Crippen molar-refractivity contribution in [3.63, 3.8) is 0 Å². The standard InChI is InChI=1S/C22H22N6OS/c1-29-17-12-10-15(11-13-17)21-24-25-22(27(21)23)30-14-19-18-8-5-9-20(18)28(26-19)16-6-3-2-4-7-16/h2-4,6-7,10-13H,5,8-9,14,23H2,1H3. The normalized spacial score (nSPS) is 12.8. The number of nitrogens with two attached hydrogens (primary N) is 1. The molecule has 0 aliphatic heterocycles. The first-order valence-corrected chi connectivity index (χ1v) is 10.9. The predicted molar refractivity (Wildman–Crippen MR) is 117 cm³/mol. The van der Waals surface area contributed by atoms with E-state index in [4.69, 9.17) is 15.7 Å². The third-order valence-corrected chi connectivity index (χ3v) is 6.32. The molecule has 7 nitrogen and oxygen atoms in total. The van der Waals surface area contributed by atoms with Gasteiger partial charge in [0.1, 0.15) is 5.75 Å². The van der Waals surface area contributed by atoms with E-state index in [1.54, 1.807) is 23.5 Å². The second kappa shape index (κ2) is 7.87. The number of para-hydroxylation sites is 1. The van der Waals surface area contributed by atoms with E-state index in [9.17, 15) is 0 Å². The number of nitrogen functional groups attached to an aromatic ring is 1. The monoisotopic (exact) mass is 418 g/mol. The summed E-state index contributed by atoms with van der Waals surface area (Å²) >= 11 is 1.56. The summed E-state index contributed by atoms with van der Waals surface area (Å²) in [6, 6.07) is 17.9. The van der Waals surface area contributed by atoms with E-state index in [0.717, 1.165) is 35.5 Å². The van der Waals surface area contributed by atoms with Crippen molar-refractivity contribution in [2.45, 2.75) is 30.2 Å². The van der Waals surface area contributed by atoms with Crippen molar-refractivity contribution in [3.8, 4) is 22.8 Å². The zero-order chi connectivity index (χ0) is 20.5. The van der Waals surface area contributed by atoms with E-state index >= 15 is 0 Å². The lowest BCUT2D eigenvalue weighted by Crippen LogP contribution is -2.11. The Morgan fingerprint density at radius 1 is 1.03 bits per heavy atom. The zero-order valence-corrected chi connectivity index (χ0v) is 17.5. The summed E-state index contributed by atoms with van der Waals surface area (Å²) in [6.45, 7) is 0. The molecule has 0 radical (unpaired) electrons. The fourth-order valence-corrected chi connectivity index (χ4v) is 4.68. The van der Waals surface area contributed by atoms with Crippen molar-refractivity contribution in [2.24, 2.45) is 0 Å². The zero-order valence-electron chi connectivity index (χ0n) is 16.7. The largest absolute Gasteiger partial charge is 0.497 e. The second-order valence-corrected chi connectivity index (χ2v) is 8.11. The number of ether oxygens (including phenoxy) is 1. The van der Waals surface area contributed by atoms with Crippen molar-refractivity contribution < 1.29 is 4.74 Å². The molecule has 30 heavy (non-hydrogen) atoms. The maximum atomic E-state index is 6.29. The molecule has 0 bridgehead atoms. The topological polar surface area (TPSA) is 83.8 Å². The first-order valence-electron chi connectivity index (χ1n) is 9.87. The lowest BCUT2D eigenvalue weighted by Gasteiger charge is -2.05. The van der Waals surface area contributed by atoms with Crippen LogP contribution < -0.4 is 10.6 Å². The van der Waals surface area contributed by atoms with Crippen LogP contribution in [0, 0.1) is 0 Å². The number of rotatable bonds is 6. The predicted octanol–water partition coefficient (Wildman–Crippen LogP) is 3.63. The molecule has 0 spiro atoms. The third kappa shape index (κ3) is 3.33. The first-order chi connectivity index (χ1) is 14.7. The van der Waals surface area contributed by atoms with Crippen LogP contribution in [-0.2, 0) is 18.6 Å². The van der Waals surface area contributed by atoms with E-state index in [1.807, 2.05) is 42.5 Å². The Bertz CT molecular complexity index is 1170. The molecule has 2 aromatic heterocycles. The Morgan fingerprint density at radius 2 is 1.83 bits per heavy atom. The first kappa shape index (κ1) is 18.7. The number of thioether (sulfide) groups is 1. The highest BCUT2D eigenvalue weighted by Gasteiger charge is 2.23. The van der Waals surface area contributed by atoms with Gasteiger partial charge in [-0.25, -0.2) is 9.36 Å². The van der Waals surface area contributed by atoms with Gasteiger partial charge in [-0.1, -0.05) is 30.0 Å². The summed E-state index contributed by atoms with van der Waals surface area (Å²) in [4.78, 5) is 0. The third-order valence-electron chi connectivity index (χ3n) is 5.36. The number of nitrogens with zero attached hydrogens (tertiary/aromatic N) is 5. The fraction of sp³-hybridized carbons (Fsp3) is 0.227. The smallest absolute Gasteiger partial charge is 0.210 e. The summed E-state index contributed by atoms with van der Waals surface area (Å²) in [5.74, 6) is 8.42. The Balaban J connectivity index is 1.38. The molecule has 8 heteroatoms. The van der Waals surface area contributed by atoms with Gasteiger partial charge in [0, 0.05) is 17.0 Å². The molecule has 0 saturated carbocycles. The maximum Gasteiger partial charge on any atom is 0.210 e. The molecule has 0 atom stereocenters. The SMILES string of the molecule is COc1ccc(-c2nnc(SCc3nn(-c4ccccc4)c4c3CCC4)n2N)cc1. The second-order valence-electron chi connectivity index (χ2n) is 7.17. The number of benzene rings is 2. The van der Waals surface area contributed by atoms with E-state index in [-0.39, 0.29) is 0 Å². The Morgan fingerprint density at radius 3 is 2.60 bits per heavy atom. The van der Waals surface area contributed by atoms with Crippen LogP contribution in [0.4, 0.5) is 0 Å². The van der Waals surface area contributed by atoms with Gasteiger partial charge in [0.05, 0.1) is 18.5 Å². The summed E-state index contributed by atoms with van der Waals surface area (Å²) in [7, 11) is 1.64. The lowest BCUT2D eigenvalue weighted by molar-refractivity contribution is 0.415. The van der Waals surface area contributed by atoms with E-state index < -0.39 is 0 Å². The van der Waals surface area contributed by atoms with Gasteiger partial charge in [-0.15, -0.1) is 10.2 Å². The van der Waals surface area contributed by atoms with Gasteiger partial charge in [0.25, 0.3) is 0 Å². The van der Waals surface area contributed by atoms with Crippen molar-refractivity contribution in [3.05, 3.63) is 71.5 Å². The van der Waals surface area contributed by atoms with Gasteiger partial charge < -0.3 is 10.6 Å². The Kier molecular flexibility index (Phi) is 4.92. The molecule has 0 amide bonds. The van der Waals surface area contributed by atoms with Crippen LogP contribution in [0.3, 0.4) is 0 Å². The molecular formula is C22H22N6OS. The van der Waals surface area contributed by atoms with E-state index in [2.05, 4.69) is 27.0 Å². The average molecular weight is 419 g/mol. The highest BCUT2D eigenvalue weighted by molar-refractivity contribution is 7.98. The van der Waals surface area contributed by atoms with Gasteiger partial charge >= 0.3 is 0 Å². The quantitative estimate of drug-likeness (QED) is 0.380. The molecular weight excluding hydrogens is 396 g/mol. The minimum Gasteiger partial charge on any atom is -0.497 e. The Labute approximate surface area is 178 Å². The van der Waals surface area contributed by atoms with Gasteiger partial charge in [0.2, 0.25) is 5.16 Å². The fourth-order valence-electron chi connectivity index (χ4n) is 3.86. The van der Waals surface area contributed by atoms with Crippen molar-refractivity contribution in [1.82, 2.24) is 24.7 Å². The van der Waals surface area contributed by atoms with E-state index in [0.29, 0.717) is 16.7 Å². The molecule has 4 aromatic rings. The van der Waals surface area contributed by atoms with E-state index in [1.165, 1.54) is 17.7 Å². The number of aromatic nitrogens is 5. The molecule has 0 fully saturated rings. The minimum atomic E-state index is 0.625. The van der Waals surface area contributed by atoms with Gasteiger partial charge in [-0.05, 0) is 61.2 Å². The average Bonchev–Trinajstić information content (AvgIpc) is 3.49. The molecule has 5 rings (SSSR count). The van der Waals surface area contributed by atoms with Crippen molar-refractivity contribution in [2.75, 3.05) is 13.0 Å². The number of fused-ring (bicyclic) bond motifs is 1. The number of hydrogen-bond donors (Lipinski definition) is 1. The van der Waals surface area contributed by atoms with Crippen molar-refractivity contribution >= 4 is 11.8 Å². The highest BCUT2D eigenvalue weighted by atomic mass is 32.2. The molecule has 2 heterocycles. The number of methoxy groups -OCH3 is 1. The highest BCUT2D eigenvalue weighted by Crippen LogP contribution is 2.32. The Hall–Kier alpha value is -3.26. The van der Waals surface area contributed by atoms with Crippen LogP contribution in [0.2, 0.25) is 0 Å². The van der Waals surface area contributed by atoms with Crippen molar-refractivity contribution in [1.29, 1.82) is 0 Å².